The fourth-order valence-corrected chi connectivity index (χ4v) is 4.63. The highest BCUT2D eigenvalue weighted by Crippen LogP contribution is 2.37. The van der Waals surface area contributed by atoms with Crippen molar-refractivity contribution in [3.05, 3.63) is 66.4 Å². The number of anilines is 1. The normalized spacial score (nSPS) is 15.9. The Morgan fingerprint density at radius 3 is 3.00 bits per heavy atom. The minimum Gasteiger partial charge on any atom is -0.484 e. The zero-order chi connectivity index (χ0) is 24.4. The van der Waals surface area contributed by atoms with Crippen LogP contribution in [0.15, 0.2) is 60.0 Å². The number of halogens is 1. The molecule has 180 valence electrons. The van der Waals surface area contributed by atoms with Crippen LogP contribution in [0.1, 0.15) is 31.1 Å². The first kappa shape index (κ1) is 22.9. The molecule has 0 aliphatic carbocycles. The molecule has 0 radical (unpaired) electrons. The zero-order valence-corrected chi connectivity index (χ0v) is 19.8. The average Bonchev–Trinajstić information content (AvgIpc) is 3.52. The molecule has 10 heteroatoms. The number of nitrogens with zero attached hydrogens (tertiary/aromatic N) is 5. The van der Waals surface area contributed by atoms with Crippen LogP contribution in [-0.2, 0) is 11.4 Å². The maximum atomic E-state index is 12.5. The van der Waals surface area contributed by atoms with Crippen molar-refractivity contribution < 1.29 is 13.9 Å². The second-order valence-electron chi connectivity index (χ2n) is 8.39. The third-order valence-electron chi connectivity index (χ3n) is 6.09. The second-order valence-corrected chi connectivity index (χ2v) is 8.80. The van der Waals surface area contributed by atoms with E-state index in [1.807, 2.05) is 21.7 Å². The number of ether oxygens (including phenoxy) is 1. The van der Waals surface area contributed by atoms with Gasteiger partial charge in [0, 0.05) is 25.1 Å². The number of likely N-dealkylation sites (tertiary alicyclic amines) is 1. The lowest BCUT2D eigenvalue weighted by molar-refractivity contribution is -0.131. The number of aromatic nitrogens is 4. The molecule has 1 saturated heterocycles. The topological polar surface area (TPSA) is 112 Å². The van der Waals surface area contributed by atoms with E-state index in [-0.39, 0.29) is 18.6 Å². The SMILES string of the molecule is C=CCC(=O)N1CCCC(n2nc(-c3ccc(OCc4ccco4)c(Cl)c3)c3c(N)ncnc32)C1. The van der Waals surface area contributed by atoms with Crippen LogP contribution < -0.4 is 10.5 Å². The van der Waals surface area contributed by atoms with Crippen LogP contribution in [0.2, 0.25) is 5.02 Å². The number of nitrogen functional groups attached to an aromatic ring is 1. The van der Waals surface area contributed by atoms with Gasteiger partial charge in [-0.2, -0.15) is 5.10 Å². The van der Waals surface area contributed by atoms with E-state index in [9.17, 15) is 4.79 Å². The molecule has 1 amide bonds. The second kappa shape index (κ2) is 9.79. The first-order valence-electron chi connectivity index (χ1n) is 11.4. The van der Waals surface area contributed by atoms with Gasteiger partial charge >= 0.3 is 0 Å². The summed E-state index contributed by atoms with van der Waals surface area (Å²) in [5.41, 5.74) is 8.30. The number of piperidine rings is 1. The fourth-order valence-electron chi connectivity index (χ4n) is 4.39. The summed E-state index contributed by atoms with van der Waals surface area (Å²) in [5, 5.41) is 5.99. The maximum absolute atomic E-state index is 12.5. The quantitative estimate of drug-likeness (QED) is 0.374. The summed E-state index contributed by atoms with van der Waals surface area (Å²) in [6.07, 6.45) is 6.73. The van der Waals surface area contributed by atoms with Crippen molar-refractivity contribution in [3.8, 4) is 17.0 Å². The van der Waals surface area contributed by atoms with Gasteiger partial charge in [-0.25, -0.2) is 14.6 Å². The third-order valence-corrected chi connectivity index (χ3v) is 6.38. The van der Waals surface area contributed by atoms with Crippen molar-refractivity contribution in [2.24, 2.45) is 0 Å². The molecule has 2 N–H and O–H groups in total. The van der Waals surface area contributed by atoms with Crippen molar-refractivity contribution in [1.82, 2.24) is 24.6 Å². The molecule has 1 aromatic carbocycles. The number of carbonyl (C=O) groups excluding carboxylic acids is 1. The minimum absolute atomic E-state index is 0.0329. The molecule has 1 unspecified atom stereocenters. The van der Waals surface area contributed by atoms with Gasteiger partial charge in [-0.05, 0) is 43.2 Å². The van der Waals surface area contributed by atoms with Crippen LogP contribution >= 0.6 is 11.6 Å². The largest absolute Gasteiger partial charge is 0.484 e. The molecular weight excluding hydrogens is 468 g/mol. The number of nitrogens with two attached hydrogens (primary N) is 1. The van der Waals surface area contributed by atoms with Gasteiger partial charge in [-0.15, -0.1) is 6.58 Å². The van der Waals surface area contributed by atoms with Crippen LogP contribution in [-0.4, -0.2) is 43.6 Å². The highest BCUT2D eigenvalue weighted by molar-refractivity contribution is 6.32. The van der Waals surface area contributed by atoms with Crippen LogP contribution in [0.5, 0.6) is 5.75 Å². The number of fused-ring (bicyclic) bond motifs is 1. The maximum Gasteiger partial charge on any atom is 0.226 e. The molecule has 0 spiro atoms. The summed E-state index contributed by atoms with van der Waals surface area (Å²) >= 11 is 6.54. The van der Waals surface area contributed by atoms with Crippen LogP contribution in [0.3, 0.4) is 0 Å². The zero-order valence-electron chi connectivity index (χ0n) is 19.1. The lowest BCUT2D eigenvalue weighted by Crippen LogP contribution is -2.40. The third kappa shape index (κ3) is 4.59. The Morgan fingerprint density at radius 1 is 1.34 bits per heavy atom. The first-order chi connectivity index (χ1) is 17.0. The molecule has 3 aromatic heterocycles. The molecular formula is C25H25ClN6O3. The molecule has 5 rings (SSSR count). The highest BCUT2D eigenvalue weighted by atomic mass is 35.5. The van der Waals surface area contributed by atoms with E-state index in [1.165, 1.54) is 6.33 Å². The molecule has 1 aliphatic rings. The summed E-state index contributed by atoms with van der Waals surface area (Å²) in [7, 11) is 0. The molecule has 1 atom stereocenters. The van der Waals surface area contributed by atoms with Gasteiger partial charge in [0.1, 0.15) is 36.0 Å². The number of hydrogen-bond donors (Lipinski definition) is 1. The van der Waals surface area contributed by atoms with Crippen molar-refractivity contribution in [1.29, 1.82) is 0 Å². The van der Waals surface area contributed by atoms with Gasteiger partial charge in [-0.1, -0.05) is 17.7 Å². The van der Waals surface area contributed by atoms with E-state index < -0.39 is 0 Å². The molecule has 0 saturated carbocycles. The van der Waals surface area contributed by atoms with Gasteiger partial charge in [0.05, 0.1) is 22.7 Å². The Kier molecular flexibility index (Phi) is 6.41. The molecule has 1 aliphatic heterocycles. The number of rotatable bonds is 7. The summed E-state index contributed by atoms with van der Waals surface area (Å²) in [6.45, 7) is 5.22. The van der Waals surface area contributed by atoms with Crippen LogP contribution in [0.4, 0.5) is 5.82 Å². The summed E-state index contributed by atoms with van der Waals surface area (Å²) in [6, 6.07) is 9.07. The summed E-state index contributed by atoms with van der Waals surface area (Å²) < 4.78 is 13.0. The van der Waals surface area contributed by atoms with Gasteiger partial charge in [-0.3, -0.25) is 4.79 Å². The van der Waals surface area contributed by atoms with E-state index in [1.54, 1.807) is 30.5 Å². The fraction of sp³-hybridized carbons (Fsp3) is 0.280. The Balaban J connectivity index is 1.48. The number of benzene rings is 1. The average molecular weight is 493 g/mol. The Hall–Kier alpha value is -3.85. The van der Waals surface area contributed by atoms with E-state index >= 15 is 0 Å². The minimum atomic E-state index is -0.0329. The molecule has 1 fully saturated rings. The monoisotopic (exact) mass is 492 g/mol. The Labute approximate surface area is 207 Å². The molecule has 4 aromatic rings. The van der Waals surface area contributed by atoms with Crippen molar-refractivity contribution in [3.63, 3.8) is 0 Å². The summed E-state index contributed by atoms with van der Waals surface area (Å²) in [4.78, 5) is 23.0. The van der Waals surface area contributed by atoms with E-state index in [0.29, 0.717) is 52.0 Å². The predicted molar refractivity (Wildman–Crippen MR) is 133 cm³/mol. The van der Waals surface area contributed by atoms with Gasteiger partial charge in [0.25, 0.3) is 0 Å². The van der Waals surface area contributed by atoms with Crippen molar-refractivity contribution >= 4 is 34.4 Å². The molecule has 9 nitrogen and oxygen atoms in total. The smallest absolute Gasteiger partial charge is 0.226 e. The highest BCUT2D eigenvalue weighted by Gasteiger charge is 2.28. The van der Waals surface area contributed by atoms with E-state index in [2.05, 4.69) is 16.5 Å². The first-order valence-corrected chi connectivity index (χ1v) is 11.8. The molecule has 0 bridgehead atoms. The lowest BCUT2D eigenvalue weighted by Gasteiger charge is -2.32. The van der Waals surface area contributed by atoms with Crippen molar-refractivity contribution in [2.45, 2.75) is 31.9 Å². The van der Waals surface area contributed by atoms with E-state index in [0.717, 1.165) is 24.9 Å². The van der Waals surface area contributed by atoms with Gasteiger partial charge < -0.3 is 19.8 Å². The summed E-state index contributed by atoms with van der Waals surface area (Å²) in [5.74, 6) is 1.63. The standard InChI is InChI=1S/C25H25ClN6O3/c1-2-5-21(33)31-10-3-6-17(13-31)32-25-22(24(27)28-15-29-25)23(30-32)16-8-9-20(19(26)12-16)35-14-18-7-4-11-34-18/h2,4,7-9,11-12,15,17H,1,3,5-6,10,13-14H2,(H2,27,28,29). The number of hydrogen-bond acceptors (Lipinski definition) is 7. The van der Waals surface area contributed by atoms with E-state index in [4.69, 9.17) is 31.6 Å². The van der Waals surface area contributed by atoms with Crippen molar-refractivity contribution in [2.75, 3.05) is 18.8 Å². The van der Waals surface area contributed by atoms with Gasteiger partial charge in [0.2, 0.25) is 5.91 Å². The lowest BCUT2D eigenvalue weighted by atomic mass is 10.1. The Morgan fingerprint density at radius 2 is 2.23 bits per heavy atom. The number of furan rings is 1. The van der Waals surface area contributed by atoms with Gasteiger partial charge in [0.15, 0.2) is 5.65 Å². The number of carbonyl (C=O) groups is 1. The van der Waals surface area contributed by atoms with Crippen LogP contribution in [0.25, 0.3) is 22.3 Å². The number of amides is 1. The molecule has 35 heavy (non-hydrogen) atoms. The predicted octanol–water partition coefficient (Wildman–Crippen LogP) is 4.64. The molecule has 4 heterocycles. The van der Waals surface area contributed by atoms with Crippen LogP contribution in [0, 0.1) is 0 Å². The Bertz CT molecular complexity index is 1370.